The maximum absolute atomic E-state index is 13.7. The first-order valence-electron chi connectivity index (χ1n) is 12.4. The molecule has 0 radical (unpaired) electrons. The summed E-state index contributed by atoms with van der Waals surface area (Å²) in [6.45, 7) is 4.73. The first-order chi connectivity index (χ1) is 16.9. The van der Waals surface area contributed by atoms with Gasteiger partial charge in [0.25, 0.3) is 0 Å². The standard InChI is InChI=1S/C26H34ClN3O4S/c1-2-34-24-11-13-25(14-12-24)35(32,33)30(22-8-4-3-5-9-22)20-26(31)29-17-15-28(16-18-29)23-10-6-7-21(27)19-23/h6-7,10-14,19,22H,2-5,8-9,15-18,20H2,1H3. The Labute approximate surface area is 213 Å². The lowest BCUT2D eigenvalue weighted by Crippen LogP contribution is -2.53. The Balaban J connectivity index is 1.47. The predicted octanol–water partition coefficient (Wildman–Crippen LogP) is 4.41. The topological polar surface area (TPSA) is 70.2 Å². The highest BCUT2D eigenvalue weighted by molar-refractivity contribution is 7.89. The summed E-state index contributed by atoms with van der Waals surface area (Å²) in [7, 11) is -3.82. The monoisotopic (exact) mass is 519 g/mol. The lowest BCUT2D eigenvalue weighted by molar-refractivity contribution is -0.132. The van der Waals surface area contributed by atoms with E-state index in [-0.39, 0.29) is 23.4 Å². The molecule has 0 N–H and O–H groups in total. The molecule has 9 heteroatoms. The minimum Gasteiger partial charge on any atom is -0.494 e. The van der Waals surface area contributed by atoms with Gasteiger partial charge in [-0.15, -0.1) is 0 Å². The largest absolute Gasteiger partial charge is 0.494 e. The van der Waals surface area contributed by atoms with Crippen molar-refractivity contribution in [3.8, 4) is 5.75 Å². The van der Waals surface area contributed by atoms with Crippen LogP contribution in [0, 0.1) is 0 Å². The van der Waals surface area contributed by atoms with Crippen LogP contribution in [0.3, 0.4) is 0 Å². The Morgan fingerprint density at radius 2 is 1.71 bits per heavy atom. The molecule has 1 saturated carbocycles. The molecule has 0 spiro atoms. The fraction of sp³-hybridized carbons (Fsp3) is 0.500. The van der Waals surface area contributed by atoms with E-state index >= 15 is 0 Å². The van der Waals surface area contributed by atoms with Gasteiger partial charge in [0.2, 0.25) is 15.9 Å². The lowest BCUT2D eigenvalue weighted by atomic mass is 9.95. The highest BCUT2D eigenvalue weighted by Crippen LogP contribution is 2.29. The van der Waals surface area contributed by atoms with Crippen molar-refractivity contribution in [2.24, 2.45) is 0 Å². The van der Waals surface area contributed by atoms with Crippen LogP contribution in [0.25, 0.3) is 0 Å². The van der Waals surface area contributed by atoms with Crippen LogP contribution >= 0.6 is 11.6 Å². The molecule has 4 rings (SSSR count). The molecule has 7 nitrogen and oxygen atoms in total. The summed E-state index contributed by atoms with van der Waals surface area (Å²) in [5.74, 6) is 0.486. The molecule has 2 aromatic carbocycles. The minimum atomic E-state index is -3.82. The number of carbonyl (C=O) groups excluding carboxylic acids is 1. The molecule has 1 aliphatic heterocycles. The fourth-order valence-corrected chi connectivity index (χ4v) is 6.73. The van der Waals surface area contributed by atoms with Gasteiger partial charge in [-0.25, -0.2) is 8.42 Å². The molecule has 0 bridgehead atoms. The number of piperazine rings is 1. The van der Waals surface area contributed by atoms with Crippen LogP contribution in [0.5, 0.6) is 5.75 Å². The van der Waals surface area contributed by atoms with Gasteiger partial charge in [-0.05, 0) is 62.2 Å². The molecule has 1 heterocycles. The molecule has 2 fully saturated rings. The van der Waals surface area contributed by atoms with E-state index in [1.54, 1.807) is 29.2 Å². The predicted molar refractivity (Wildman–Crippen MR) is 139 cm³/mol. The van der Waals surface area contributed by atoms with E-state index in [0.29, 0.717) is 43.6 Å². The SMILES string of the molecule is CCOc1ccc(S(=O)(=O)N(CC(=O)N2CCN(c3cccc(Cl)c3)CC2)C2CCCCC2)cc1. The van der Waals surface area contributed by atoms with Crippen molar-refractivity contribution >= 4 is 33.2 Å². The number of rotatable bonds is 8. The van der Waals surface area contributed by atoms with Crippen molar-refractivity contribution in [1.82, 2.24) is 9.21 Å². The van der Waals surface area contributed by atoms with Crippen LogP contribution < -0.4 is 9.64 Å². The third kappa shape index (κ3) is 6.29. The second-order valence-electron chi connectivity index (χ2n) is 9.09. The zero-order chi connectivity index (χ0) is 24.8. The molecule has 2 aliphatic rings. The van der Waals surface area contributed by atoms with Gasteiger partial charge in [0.1, 0.15) is 5.75 Å². The summed E-state index contributed by atoms with van der Waals surface area (Å²) in [5, 5.41) is 0.684. The molecular weight excluding hydrogens is 486 g/mol. The average molecular weight is 520 g/mol. The van der Waals surface area contributed by atoms with Gasteiger partial charge in [0.15, 0.2) is 0 Å². The normalized spacial score (nSPS) is 17.6. The Morgan fingerprint density at radius 1 is 1.03 bits per heavy atom. The van der Waals surface area contributed by atoms with Crippen LogP contribution in [-0.4, -0.2) is 68.9 Å². The van der Waals surface area contributed by atoms with E-state index in [4.69, 9.17) is 16.3 Å². The van der Waals surface area contributed by atoms with Crippen LogP contribution in [0.1, 0.15) is 39.0 Å². The Bertz CT molecular complexity index is 1100. The molecule has 35 heavy (non-hydrogen) atoms. The van der Waals surface area contributed by atoms with Gasteiger partial charge >= 0.3 is 0 Å². The van der Waals surface area contributed by atoms with Crippen LogP contribution in [-0.2, 0) is 14.8 Å². The fourth-order valence-electron chi connectivity index (χ4n) is 4.91. The Kier molecular flexibility index (Phi) is 8.57. The number of hydrogen-bond donors (Lipinski definition) is 0. The smallest absolute Gasteiger partial charge is 0.243 e. The molecule has 1 amide bonds. The van der Waals surface area contributed by atoms with E-state index in [1.807, 2.05) is 31.2 Å². The van der Waals surface area contributed by atoms with Crippen LogP contribution in [0.2, 0.25) is 5.02 Å². The van der Waals surface area contributed by atoms with Gasteiger partial charge in [-0.1, -0.05) is 36.9 Å². The zero-order valence-electron chi connectivity index (χ0n) is 20.2. The Morgan fingerprint density at radius 3 is 2.34 bits per heavy atom. The van der Waals surface area contributed by atoms with Gasteiger partial charge in [-0.3, -0.25) is 4.79 Å². The van der Waals surface area contributed by atoms with Crippen molar-refractivity contribution in [1.29, 1.82) is 0 Å². The second-order valence-corrected chi connectivity index (χ2v) is 11.4. The summed E-state index contributed by atoms with van der Waals surface area (Å²) in [4.78, 5) is 17.5. The molecule has 0 atom stereocenters. The second kappa shape index (κ2) is 11.6. The lowest BCUT2D eigenvalue weighted by Gasteiger charge is -2.38. The first kappa shape index (κ1) is 25.8. The number of halogens is 1. The maximum atomic E-state index is 13.7. The number of carbonyl (C=O) groups is 1. The third-order valence-electron chi connectivity index (χ3n) is 6.82. The molecule has 190 valence electrons. The molecule has 1 saturated heterocycles. The number of nitrogens with zero attached hydrogens (tertiary/aromatic N) is 3. The van der Waals surface area contributed by atoms with Crippen LogP contribution in [0.4, 0.5) is 5.69 Å². The van der Waals surface area contributed by atoms with Crippen molar-refractivity contribution in [3.63, 3.8) is 0 Å². The van der Waals surface area contributed by atoms with Crippen molar-refractivity contribution in [3.05, 3.63) is 53.6 Å². The number of sulfonamides is 1. The summed E-state index contributed by atoms with van der Waals surface area (Å²) in [5.41, 5.74) is 1.03. The Hall–Kier alpha value is -2.29. The number of hydrogen-bond acceptors (Lipinski definition) is 5. The van der Waals surface area contributed by atoms with E-state index in [2.05, 4.69) is 4.90 Å². The summed E-state index contributed by atoms with van der Waals surface area (Å²) in [6.07, 6.45) is 4.63. The van der Waals surface area contributed by atoms with E-state index in [1.165, 1.54) is 4.31 Å². The van der Waals surface area contributed by atoms with Crippen molar-refractivity contribution in [2.75, 3.05) is 44.2 Å². The first-order valence-corrected chi connectivity index (χ1v) is 14.2. The quantitative estimate of drug-likeness (QED) is 0.516. The number of amides is 1. The van der Waals surface area contributed by atoms with E-state index in [9.17, 15) is 13.2 Å². The molecule has 2 aromatic rings. The van der Waals surface area contributed by atoms with Crippen LogP contribution in [0.15, 0.2) is 53.4 Å². The highest BCUT2D eigenvalue weighted by atomic mass is 35.5. The summed E-state index contributed by atoms with van der Waals surface area (Å²) >= 11 is 6.13. The molecular formula is C26H34ClN3O4S. The highest BCUT2D eigenvalue weighted by Gasteiger charge is 2.35. The van der Waals surface area contributed by atoms with Gasteiger partial charge in [0, 0.05) is 42.9 Å². The van der Waals surface area contributed by atoms with Crippen molar-refractivity contribution < 1.29 is 17.9 Å². The molecule has 0 unspecified atom stereocenters. The summed E-state index contributed by atoms with van der Waals surface area (Å²) in [6, 6.07) is 14.0. The van der Waals surface area contributed by atoms with Gasteiger partial charge in [0.05, 0.1) is 18.0 Å². The third-order valence-corrected chi connectivity index (χ3v) is 8.97. The minimum absolute atomic E-state index is 0.128. The average Bonchev–Trinajstić information content (AvgIpc) is 2.88. The van der Waals surface area contributed by atoms with E-state index in [0.717, 1.165) is 37.8 Å². The van der Waals surface area contributed by atoms with Gasteiger partial charge in [-0.2, -0.15) is 4.31 Å². The molecule has 1 aliphatic carbocycles. The van der Waals surface area contributed by atoms with Gasteiger partial charge < -0.3 is 14.5 Å². The van der Waals surface area contributed by atoms with E-state index < -0.39 is 10.0 Å². The van der Waals surface area contributed by atoms with Crippen molar-refractivity contribution in [2.45, 2.75) is 50.0 Å². The maximum Gasteiger partial charge on any atom is 0.243 e. The number of benzene rings is 2. The zero-order valence-corrected chi connectivity index (χ0v) is 21.8. The summed E-state index contributed by atoms with van der Waals surface area (Å²) < 4.78 is 34.3. The number of ether oxygens (including phenoxy) is 1. The number of anilines is 1. The molecule has 0 aromatic heterocycles.